The lowest BCUT2D eigenvalue weighted by atomic mass is 10.2. The highest BCUT2D eigenvalue weighted by atomic mass is 127. The monoisotopic (exact) mass is 319 g/mol. The summed E-state index contributed by atoms with van der Waals surface area (Å²) in [6.07, 6.45) is 1.85. The van der Waals surface area contributed by atoms with Gasteiger partial charge in [-0.25, -0.2) is 0 Å². The van der Waals surface area contributed by atoms with Gasteiger partial charge in [-0.15, -0.1) is 0 Å². The summed E-state index contributed by atoms with van der Waals surface area (Å²) in [6.45, 7) is 4.55. The Morgan fingerprint density at radius 3 is 3.07 bits per heavy atom. The number of hydrogen-bond donors (Lipinski definition) is 2. The number of nitrogens with one attached hydrogen (secondary N) is 2. The third kappa shape index (κ3) is 2.52. The molecule has 0 bridgehead atoms. The zero-order chi connectivity index (χ0) is 10.8. The maximum Gasteiger partial charge on any atom is 0.270 e. The molecule has 0 unspecified atom stereocenters. The minimum Gasteiger partial charge on any atom is -0.356 e. The van der Waals surface area contributed by atoms with Crippen LogP contribution in [0.5, 0.6) is 0 Å². The summed E-state index contributed by atoms with van der Waals surface area (Å²) in [5.74, 6) is 0.103. The van der Waals surface area contributed by atoms with Gasteiger partial charge < -0.3 is 15.2 Å². The molecule has 0 aromatic carbocycles. The SMILES string of the molecule is C[C@H]1CN(C(=O)c2cc(I)c[nH]2)CCN1. The second kappa shape index (κ2) is 4.52. The van der Waals surface area contributed by atoms with E-state index in [2.05, 4.69) is 39.8 Å². The molecule has 0 radical (unpaired) electrons. The van der Waals surface area contributed by atoms with Gasteiger partial charge in [0.2, 0.25) is 0 Å². The molecule has 1 aromatic heterocycles. The van der Waals surface area contributed by atoms with Crippen LogP contribution in [-0.2, 0) is 0 Å². The van der Waals surface area contributed by atoms with Crippen LogP contribution >= 0.6 is 22.6 Å². The number of rotatable bonds is 1. The Hall–Kier alpha value is -0.560. The maximum absolute atomic E-state index is 12.0. The van der Waals surface area contributed by atoms with E-state index in [0.29, 0.717) is 11.7 Å². The van der Waals surface area contributed by atoms with E-state index in [9.17, 15) is 4.79 Å². The number of aromatic nitrogens is 1. The van der Waals surface area contributed by atoms with E-state index in [4.69, 9.17) is 0 Å². The predicted octanol–water partition coefficient (Wildman–Crippen LogP) is 1.05. The Morgan fingerprint density at radius 1 is 1.67 bits per heavy atom. The summed E-state index contributed by atoms with van der Waals surface area (Å²) in [6, 6.07) is 2.27. The zero-order valence-corrected chi connectivity index (χ0v) is 10.7. The molecule has 1 amide bonds. The fraction of sp³-hybridized carbons (Fsp3) is 0.500. The number of halogens is 1. The standard InChI is InChI=1S/C10H14IN3O/c1-7-6-14(3-2-12-7)10(15)9-4-8(11)5-13-9/h4-5,7,12-13H,2-3,6H2,1H3/t7-/m0/s1. The molecule has 1 atom stereocenters. The predicted molar refractivity (Wildman–Crippen MR) is 66.9 cm³/mol. The van der Waals surface area contributed by atoms with Crippen molar-refractivity contribution in [2.24, 2.45) is 0 Å². The van der Waals surface area contributed by atoms with Crippen LogP contribution in [0.3, 0.4) is 0 Å². The highest BCUT2D eigenvalue weighted by molar-refractivity contribution is 14.1. The molecule has 0 aliphatic carbocycles. The molecule has 0 spiro atoms. The first-order valence-corrected chi connectivity index (χ1v) is 6.11. The number of carbonyl (C=O) groups excluding carboxylic acids is 1. The van der Waals surface area contributed by atoms with Crippen molar-refractivity contribution >= 4 is 28.5 Å². The van der Waals surface area contributed by atoms with Gasteiger partial charge in [0.05, 0.1) is 0 Å². The van der Waals surface area contributed by atoms with Crippen molar-refractivity contribution in [3.63, 3.8) is 0 Å². The first-order chi connectivity index (χ1) is 7.16. The van der Waals surface area contributed by atoms with Crippen molar-refractivity contribution in [3.05, 3.63) is 21.5 Å². The maximum atomic E-state index is 12.0. The Labute approximate surface area is 103 Å². The molecule has 1 saturated heterocycles. The van der Waals surface area contributed by atoms with Crippen LogP contribution in [0.25, 0.3) is 0 Å². The second-order valence-corrected chi connectivity index (χ2v) is 5.08. The highest BCUT2D eigenvalue weighted by Gasteiger charge is 2.22. The third-order valence-corrected chi connectivity index (χ3v) is 3.16. The van der Waals surface area contributed by atoms with Gasteiger partial charge >= 0.3 is 0 Å². The average molecular weight is 319 g/mol. The van der Waals surface area contributed by atoms with Gasteiger partial charge in [0.15, 0.2) is 0 Å². The molecule has 1 aromatic rings. The first kappa shape index (κ1) is 10.9. The number of piperazine rings is 1. The van der Waals surface area contributed by atoms with Gasteiger partial charge in [-0.1, -0.05) is 0 Å². The summed E-state index contributed by atoms with van der Waals surface area (Å²) in [5, 5.41) is 3.32. The van der Waals surface area contributed by atoms with Crippen LogP contribution in [0.15, 0.2) is 12.3 Å². The van der Waals surface area contributed by atoms with E-state index in [1.807, 2.05) is 17.2 Å². The van der Waals surface area contributed by atoms with Crippen LogP contribution in [0.4, 0.5) is 0 Å². The molecule has 1 fully saturated rings. The van der Waals surface area contributed by atoms with E-state index in [0.717, 1.165) is 23.2 Å². The summed E-state index contributed by atoms with van der Waals surface area (Å²) in [5.41, 5.74) is 0.688. The molecule has 2 rings (SSSR count). The molecule has 2 heterocycles. The van der Waals surface area contributed by atoms with Crippen LogP contribution in [0.2, 0.25) is 0 Å². The normalized spacial score (nSPS) is 21.7. The van der Waals surface area contributed by atoms with E-state index in [-0.39, 0.29) is 5.91 Å². The van der Waals surface area contributed by atoms with Crippen molar-refractivity contribution in [1.82, 2.24) is 15.2 Å². The summed E-state index contributed by atoms with van der Waals surface area (Å²) >= 11 is 2.19. The number of hydrogen-bond acceptors (Lipinski definition) is 2. The number of nitrogens with zero attached hydrogens (tertiary/aromatic N) is 1. The van der Waals surface area contributed by atoms with Crippen LogP contribution < -0.4 is 5.32 Å². The minimum atomic E-state index is 0.103. The summed E-state index contributed by atoms with van der Waals surface area (Å²) in [4.78, 5) is 16.9. The highest BCUT2D eigenvalue weighted by Crippen LogP contribution is 2.10. The van der Waals surface area contributed by atoms with Gasteiger partial charge in [0.25, 0.3) is 5.91 Å². The lowest BCUT2D eigenvalue weighted by Gasteiger charge is -2.31. The van der Waals surface area contributed by atoms with E-state index < -0.39 is 0 Å². The van der Waals surface area contributed by atoms with E-state index in [1.54, 1.807) is 0 Å². The molecular formula is C10H14IN3O. The Morgan fingerprint density at radius 2 is 2.47 bits per heavy atom. The van der Waals surface area contributed by atoms with Gasteiger partial charge in [-0.2, -0.15) is 0 Å². The molecule has 0 saturated carbocycles. The van der Waals surface area contributed by atoms with Crippen molar-refractivity contribution in [2.75, 3.05) is 19.6 Å². The molecule has 15 heavy (non-hydrogen) atoms. The quantitative estimate of drug-likeness (QED) is 0.761. The minimum absolute atomic E-state index is 0.103. The van der Waals surface area contributed by atoms with Crippen molar-refractivity contribution in [1.29, 1.82) is 0 Å². The van der Waals surface area contributed by atoms with Crippen LogP contribution in [0, 0.1) is 3.57 Å². The molecule has 4 nitrogen and oxygen atoms in total. The topological polar surface area (TPSA) is 48.1 Å². The third-order valence-electron chi connectivity index (χ3n) is 2.53. The van der Waals surface area contributed by atoms with Gasteiger partial charge in [0, 0.05) is 35.4 Å². The average Bonchev–Trinajstić information content (AvgIpc) is 2.64. The molecule has 1 aliphatic rings. The van der Waals surface area contributed by atoms with Crippen molar-refractivity contribution in [2.45, 2.75) is 13.0 Å². The Bertz CT molecular complexity index is 363. The van der Waals surface area contributed by atoms with E-state index >= 15 is 0 Å². The fourth-order valence-corrected chi connectivity index (χ4v) is 2.25. The molecular weight excluding hydrogens is 305 g/mol. The summed E-state index contributed by atoms with van der Waals surface area (Å²) < 4.78 is 1.07. The van der Waals surface area contributed by atoms with Crippen molar-refractivity contribution < 1.29 is 4.79 Å². The lowest BCUT2D eigenvalue weighted by molar-refractivity contribution is 0.0704. The zero-order valence-electron chi connectivity index (χ0n) is 8.59. The molecule has 1 aliphatic heterocycles. The van der Waals surface area contributed by atoms with E-state index in [1.165, 1.54) is 0 Å². The second-order valence-electron chi connectivity index (χ2n) is 3.84. The van der Waals surface area contributed by atoms with Crippen LogP contribution in [-0.4, -0.2) is 41.5 Å². The molecule has 5 heteroatoms. The fourth-order valence-electron chi connectivity index (χ4n) is 1.78. The smallest absolute Gasteiger partial charge is 0.270 e. The van der Waals surface area contributed by atoms with Gasteiger partial charge in [-0.05, 0) is 35.6 Å². The van der Waals surface area contributed by atoms with Gasteiger partial charge in [0.1, 0.15) is 5.69 Å². The lowest BCUT2D eigenvalue weighted by Crippen LogP contribution is -2.51. The Balaban J connectivity index is 2.07. The number of H-pyrrole nitrogens is 1. The number of carbonyl (C=O) groups is 1. The molecule has 2 N–H and O–H groups in total. The molecule has 82 valence electrons. The summed E-state index contributed by atoms with van der Waals surface area (Å²) in [7, 11) is 0. The number of amides is 1. The first-order valence-electron chi connectivity index (χ1n) is 5.03. The van der Waals surface area contributed by atoms with Crippen LogP contribution in [0.1, 0.15) is 17.4 Å². The van der Waals surface area contributed by atoms with Gasteiger partial charge in [-0.3, -0.25) is 4.79 Å². The van der Waals surface area contributed by atoms with Crippen molar-refractivity contribution in [3.8, 4) is 0 Å². The number of aromatic amines is 1. The largest absolute Gasteiger partial charge is 0.356 e. The Kier molecular flexibility index (Phi) is 3.30.